The second-order valence-electron chi connectivity index (χ2n) is 7.08. The van der Waals surface area contributed by atoms with Gasteiger partial charge in [-0.1, -0.05) is 19.9 Å². The number of Topliss-reactive ketones (excluding diaryl/α,β-unsaturated/α-hetero) is 1. The van der Waals surface area contributed by atoms with Crippen molar-refractivity contribution in [3.05, 3.63) is 41.3 Å². The molecule has 1 aliphatic rings. The summed E-state index contributed by atoms with van der Waals surface area (Å²) in [5.74, 6) is 0.753. The number of hydrogen-bond acceptors (Lipinski definition) is 7. The first-order valence-electron chi connectivity index (χ1n) is 8.96. The number of hydrogen-bond donors (Lipinski definition) is 2. The van der Waals surface area contributed by atoms with Crippen LogP contribution < -0.4 is 10.2 Å². The fourth-order valence-corrected chi connectivity index (χ4v) is 3.08. The van der Waals surface area contributed by atoms with E-state index in [0.717, 1.165) is 16.6 Å². The predicted octanol–water partition coefficient (Wildman–Crippen LogP) is 1.63. The molecule has 7 nitrogen and oxygen atoms in total. The molecule has 1 aromatic heterocycles. The number of fused-ring (bicyclic) bond motifs is 1. The lowest BCUT2D eigenvalue weighted by molar-refractivity contribution is 0.0902. The van der Waals surface area contributed by atoms with E-state index in [9.17, 15) is 14.9 Å². The van der Waals surface area contributed by atoms with Crippen LogP contribution >= 0.6 is 0 Å². The van der Waals surface area contributed by atoms with Crippen molar-refractivity contribution in [3.8, 4) is 11.6 Å². The molecule has 0 fully saturated rings. The first kappa shape index (κ1) is 19.5. The van der Waals surface area contributed by atoms with Gasteiger partial charge in [-0.25, -0.2) is 9.97 Å². The maximum Gasteiger partial charge on any atom is 0.492 e. The largest absolute Gasteiger partial charge is 0.492 e. The molecule has 1 atom stereocenters. The van der Waals surface area contributed by atoms with Crippen LogP contribution in [0.5, 0.6) is 11.6 Å². The Bertz CT molecular complexity index is 826. The Morgan fingerprint density at radius 3 is 2.74 bits per heavy atom. The Morgan fingerprint density at radius 2 is 2.11 bits per heavy atom. The summed E-state index contributed by atoms with van der Waals surface area (Å²) < 4.78 is 11.0. The zero-order chi connectivity index (χ0) is 19.6. The van der Waals surface area contributed by atoms with Crippen LogP contribution in [-0.2, 0) is 11.3 Å². The van der Waals surface area contributed by atoms with Crippen LogP contribution in [0.2, 0.25) is 0 Å². The summed E-state index contributed by atoms with van der Waals surface area (Å²) in [6.45, 7) is 6.12. The van der Waals surface area contributed by atoms with Crippen molar-refractivity contribution >= 4 is 18.4 Å². The molecule has 0 spiro atoms. The number of nitrogens with zero attached hydrogens (tertiary/aromatic N) is 2. The van der Waals surface area contributed by atoms with E-state index in [-0.39, 0.29) is 42.2 Å². The van der Waals surface area contributed by atoms with Crippen molar-refractivity contribution < 1.29 is 24.3 Å². The molecule has 2 aromatic rings. The minimum Gasteiger partial charge on any atom is -0.437 e. The highest BCUT2D eigenvalue weighted by molar-refractivity contribution is 6.62. The molecule has 1 unspecified atom stereocenters. The molecule has 0 radical (unpaired) electrons. The van der Waals surface area contributed by atoms with Crippen molar-refractivity contribution in [2.45, 2.75) is 33.8 Å². The Hall–Kier alpha value is -2.29. The number of aliphatic hydroxyl groups excluding tert-OH is 1. The van der Waals surface area contributed by atoms with Crippen molar-refractivity contribution in [2.75, 3.05) is 6.61 Å². The summed E-state index contributed by atoms with van der Waals surface area (Å²) in [7, 11) is -0.949. The average Bonchev–Trinajstić information content (AvgIpc) is 3.03. The first-order valence-corrected chi connectivity index (χ1v) is 8.96. The molecule has 2 N–H and O–H groups in total. The highest BCUT2D eigenvalue weighted by Crippen LogP contribution is 2.26. The number of carbonyl (C=O) groups excluding carboxylic acids is 1. The second-order valence-corrected chi connectivity index (χ2v) is 7.08. The lowest BCUT2D eigenvalue weighted by atomic mass is 9.76. The highest BCUT2D eigenvalue weighted by atomic mass is 16.5. The number of carbonyl (C=O) groups is 1. The molecule has 1 aromatic carbocycles. The van der Waals surface area contributed by atoms with E-state index in [2.05, 4.69) is 9.97 Å². The van der Waals surface area contributed by atoms with E-state index in [4.69, 9.17) is 9.39 Å². The normalized spacial score (nSPS) is 14.4. The zero-order valence-electron chi connectivity index (χ0n) is 15.7. The van der Waals surface area contributed by atoms with Crippen LogP contribution in [0.4, 0.5) is 0 Å². The average molecular weight is 370 g/mol. The molecule has 0 saturated carbocycles. The van der Waals surface area contributed by atoms with Gasteiger partial charge in [0.25, 0.3) is 0 Å². The molecule has 2 heterocycles. The summed E-state index contributed by atoms with van der Waals surface area (Å²) in [6, 6.07) is 3.64. The van der Waals surface area contributed by atoms with Crippen LogP contribution in [0, 0.1) is 18.8 Å². The lowest BCUT2D eigenvalue weighted by Crippen LogP contribution is -2.30. The molecular weight excluding hydrogens is 347 g/mol. The summed E-state index contributed by atoms with van der Waals surface area (Å²) in [5, 5.41) is 19.3. The third-order valence-corrected chi connectivity index (χ3v) is 4.95. The van der Waals surface area contributed by atoms with E-state index < -0.39 is 7.12 Å². The number of benzene rings is 1. The highest BCUT2D eigenvalue weighted by Gasteiger charge is 2.30. The molecule has 142 valence electrons. The van der Waals surface area contributed by atoms with Gasteiger partial charge >= 0.3 is 7.12 Å². The molecule has 1 aliphatic heterocycles. The molecule has 0 aliphatic carbocycles. The second kappa shape index (κ2) is 8.16. The van der Waals surface area contributed by atoms with E-state index in [1.807, 2.05) is 26.8 Å². The van der Waals surface area contributed by atoms with E-state index in [0.29, 0.717) is 12.4 Å². The molecule has 3 rings (SSSR count). The van der Waals surface area contributed by atoms with Gasteiger partial charge in [0, 0.05) is 13.0 Å². The van der Waals surface area contributed by atoms with Crippen molar-refractivity contribution in [2.24, 2.45) is 11.8 Å². The van der Waals surface area contributed by atoms with E-state index >= 15 is 0 Å². The third kappa shape index (κ3) is 4.18. The molecule has 8 heteroatoms. The van der Waals surface area contributed by atoms with Gasteiger partial charge in [0.1, 0.15) is 11.4 Å². The van der Waals surface area contributed by atoms with Gasteiger partial charge in [-0.05, 0) is 41.4 Å². The maximum atomic E-state index is 12.3. The fraction of sp³-hybridized carbons (Fsp3) is 0.421. The molecule has 27 heavy (non-hydrogen) atoms. The Balaban J connectivity index is 1.72. The van der Waals surface area contributed by atoms with Crippen molar-refractivity contribution in [3.63, 3.8) is 0 Å². The topological polar surface area (TPSA) is 102 Å². The summed E-state index contributed by atoms with van der Waals surface area (Å²) in [5.41, 5.74) is 2.68. The Labute approximate surface area is 158 Å². The van der Waals surface area contributed by atoms with Crippen molar-refractivity contribution in [1.29, 1.82) is 0 Å². The van der Waals surface area contributed by atoms with Crippen LogP contribution in [0.1, 0.15) is 41.9 Å². The summed E-state index contributed by atoms with van der Waals surface area (Å²) in [6.07, 6.45) is 3.01. The summed E-state index contributed by atoms with van der Waals surface area (Å²) >= 11 is 0. The summed E-state index contributed by atoms with van der Waals surface area (Å²) in [4.78, 5) is 20.6. The minimum atomic E-state index is -0.949. The van der Waals surface area contributed by atoms with E-state index in [1.54, 1.807) is 6.07 Å². The SMILES string of the molecule is Cc1c(Oc2cnc(C(=O)CC(CO)C(C)C)cn2)ccc2c1B(O)OC2. The van der Waals surface area contributed by atoms with Crippen LogP contribution in [0.3, 0.4) is 0 Å². The van der Waals surface area contributed by atoms with Gasteiger partial charge in [-0.3, -0.25) is 4.79 Å². The lowest BCUT2D eigenvalue weighted by Gasteiger charge is -2.16. The fourth-order valence-electron chi connectivity index (χ4n) is 3.08. The van der Waals surface area contributed by atoms with Crippen LogP contribution in [0.25, 0.3) is 0 Å². The predicted molar refractivity (Wildman–Crippen MR) is 100 cm³/mol. The van der Waals surface area contributed by atoms with Gasteiger partial charge in [0.05, 0.1) is 19.0 Å². The smallest absolute Gasteiger partial charge is 0.437 e. The van der Waals surface area contributed by atoms with Crippen LogP contribution in [0.15, 0.2) is 24.5 Å². The van der Waals surface area contributed by atoms with Gasteiger partial charge in [0.2, 0.25) is 5.88 Å². The third-order valence-electron chi connectivity index (χ3n) is 4.95. The first-order chi connectivity index (χ1) is 12.9. The molecular formula is C19H23BN2O5. The van der Waals surface area contributed by atoms with Gasteiger partial charge in [0.15, 0.2) is 5.78 Å². The van der Waals surface area contributed by atoms with Gasteiger partial charge < -0.3 is 19.5 Å². The van der Waals surface area contributed by atoms with Gasteiger partial charge in [-0.15, -0.1) is 0 Å². The van der Waals surface area contributed by atoms with Crippen LogP contribution in [-0.4, -0.2) is 39.6 Å². The number of rotatable bonds is 7. The number of aliphatic hydroxyl groups is 1. The zero-order valence-corrected chi connectivity index (χ0v) is 15.7. The molecule has 0 bridgehead atoms. The van der Waals surface area contributed by atoms with E-state index in [1.165, 1.54) is 12.4 Å². The Kier molecular flexibility index (Phi) is 5.89. The quantitative estimate of drug-likeness (QED) is 0.564. The van der Waals surface area contributed by atoms with Crippen molar-refractivity contribution in [1.82, 2.24) is 9.97 Å². The van der Waals surface area contributed by atoms with Gasteiger partial charge in [-0.2, -0.15) is 0 Å². The molecule has 0 amide bonds. The Morgan fingerprint density at radius 1 is 1.33 bits per heavy atom. The number of aromatic nitrogens is 2. The maximum absolute atomic E-state index is 12.3. The standard InChI is InChI=1S/C19H23BN2O5/c1-11(2)14(9-23)6-16(24)15-7-22-18(8-21-15)27-17-5-4-13-10-26-20(25)19(13)12(17)3/h4-5,7-8,11,14,23,25H,6,9-10H2,1-3H3. The number of ketones is 1. The number of ether oxygens (including phenoxy) is 1. The molecule has 0 saturated heterocycles. The minimum absolute atomic E-state index is 0.0365. The monoisotopic (exact) mass is 370 g/mol.